The van der Waals surface area contributed by atoms with Crippen molar-refractivity contribution in [1.29, 1.82) is 0 Å². The molecule has 0 saturated carbocycles. The number of methoxy groups -OCH3 is 1. The number of esters is 1. The van der Waals surface area contributed by atoms with Crippen LogP contribution in [0, 0.1) is 0 Å². The van der Waals surface area contributed by atoms with Gasteiger partial charge in [0.1, 0.15) is 0 Å². The lowest BCUT2D eigenvalue weighted by atomic mass is 10.1. The lowest BCUT2D eigenvalue weighted by Crippen LogP contribution is -2.31. The van der Waals surface area contributed by atoms with E-state index in [1.54, 1.807) is 0 Å². The number of alkyl halides is 6. The Labute approximate surface area is 280 Å². The second-order valence-corrected chi connectivity index (χ2v) is 9.81. The van der Waals surface area contributed by atoms with Gasteiger partial charge in [0.2, 0.25) is 0 Å². The maximum Gasteiger partial charge on any atom is 0.416 e. The third kappa shape index (κ3) is 23.9. The van der Waals surface area contributed by atoms with Crippen LogP contribution in [-0.4, -0.2) is 130 Å². The Morgan fingerprint density at radius 1 is 0.583 bits per heavy atom. The average Bonchev–Trinajstić information content (AvgIpc) is 3.03. The molecule has 0 unspecified atom stereocenters. The zero-order valence-corrected chi connectivity index (χ0v) is 27.5. The van der Waals surface area contributed by atoms with Crippen molar-refractivity contribution in [1.82, 2.24) is 5.32 Å². The van der Waals surface area contributed by atoms with E-state index >= 15 is 0 Å². The number of benzene rings is 1. The normalized spacial score (nSPS) is 11.9. The molecule has 0 atom stereocenters. The highest BCUT2D eigenvalue weighted by Crippen LogP contribution is 2.37. The topological polar surface area (TPSA) is 124 Å². The molecule has 12 nitrogen and oxygen atoms in total. The van der Waals surface area contributed by atoms with E-state index in [4.69, 9.17) is 50.1 Å². The van der Waals surface area contributed by atoms with Gasteiger partial charge in [0, 0.05) is 12.2 Å². The monoisotopic (exact) mass is 726 g/mol. The number of rotatable bonds is 28. The van der Waals surface area contributed by atoms with Gasteiger partial charge < -0.3 is 53.3 Å². The quantitative estimate of drug-likeness (QED) is 0.0565. The summed E-state index contributed by atoms with van der Waals surface area (Å²) in [7, 11) is 1.33. The van der Waals surface area contributed by atoms with Gasteiger partial charge in [-0.3, -0.25) is 4.79 Å². The highest BCUT2D eigenvalue weighted by atomic mass is 32.1. The second-order valence-electron chi connectivity index (χ2n) is 9.40. The van der Waals surface area contributed by atoms with Crippen molar-refractivity contribution in [3.8, 4) is 0 Å². The van der Waals surface area contributed by atoms with Crippen molar-refractivity contribution in [2.75, 3.05) is 125 Å². The first kappa shape index (κ1) is 43.7. The molecule has 0 aromatic heterocycles. The summed E-state index contributed by atoms with van der Waals surface area (Å²) in [5, 5.41) is 4.82. The molecular weight excluding hydrogens is 682 g/mol. The van der Waals surface area contributed by atoms with Gasteiger partial charge in [-0.1, -0.05) is 0 Å². The Balaban J connectivity index is 1.86. The molecule has 0 heterocycles. The van der Waals surface area contributed by atoms with Crippen molar-refractivity contribution < 1.29 is 73.8 Å². The minimum absolute atomic E-state index is 0.0387. The number of hydrogen-bond donors (Lipinski definition) is 2. The summed E-state index contributed by atoms with van der Waals surface area (Å²) < 4.78 is 125. The maximum atomic E-state index is 13.0. The lowest BCUT2D eigenvalue weighted by molar-refractivity contribution is -0.143. The first-order valence-corrected chi connectivity index (χ1v) is 15.4. The number of anilines is 1. The highest BCUT2D eigenvalue weighted by Gasteiger charge is 2.37. The molecule has 1 aromatic carbocycles. The smallest absolute Gasteiger partial charge is 0.416 e. The van der Waals surface area contributed by atoms with E-state index in [1.807, 2.05) is 0 Å². The van der Waals surface area contributed by atoms with Crippen LogP contribution in [0.1, 0.15) is 17.5 Å². The molecule has 0 aliphatic rings. The number of halogens is 6. The van der Waals surface area contributed by atoms with E-state index in [-0.39, 0.29) is 49.9 Å². The lowest BCUT2D eigenvalue weighted by Gasteiger charge is -2.16. The van der Waals surface area contributed by atoms with Gasteiger partial charge in [-0.05, 0) is 30.4 Å². The van der Waals surface area contributed by atoms with Gasteiger partial charge in [0.15, 0.2) is 5.11 Å². The number of hydrogen-bond acceptors (Lipinski definition) is 11. The van der Waals surface area contributed by atoms with E-state index in [0.717, 1.165) is 0 Å². The zero-order chi connectivity index (χ0) is 35.5. The molecule has 0 bridgehead atoms. The van der Waals surface area contributed by atoms with E-state index in [9.17, 15) is 31.1 Å². The van der Waals surface area contributed by atoms with E-state index in [2.05, 4.69) is 15.4 Å². The van der Waals surface area contributed by atoms with Crippen LogP contribution in [0.2, 0.25) is 0 Å². The molecule has 0 radical (unpaired) electrons. The largest absolute Gasteiger partial charge is 0.469 e. The third-order valence-corrected chi connectivity index (χ3v) is 5.91. The minimum atomic E-state index is -4.95. The van der Waals surface area contributed by atoms with Crippen LogP contribution < -0.4 is 10.6 Å². The summed E-state index contributed by atoms with van der Waals surface area (Å²) in [6.45, 7) is 5.99. The fourth-order valence-electron chi connectivity index (χ4n) is 3.34. The molecule has 278 valence electrons. The molecule has 48 heavy (non-hydrogen) atoms. The SMILES string of the molecule is COC(=O)CCOCCOCCOCCOCCOCCOCCOCCOCCNC(=S)Nc1cc(C(F)(F)F)cc(C(F)(F)F)c1. The maximum absolute atomic E-state index is 13.0. The Morgan fingerprint density at radius 2 is 0.917 bits per heavy atom. The zero-order valence-electron chi connectivity index (χ0n) is 26.7. The van der Waals surface area contributed by atoms with Gasteiger partial charge in [-0.25, -0.2) is 0 Å². The van der Waals surface area contributed by atoms with Crippen LogP contribution in [0.3, 0.4) is 0 Å². The summed E-state index contributed by atoms with van der Waals surface area (Å²) in [5.41, 5.74) is -3.34. The highest BCUT2D eigenvalue weighted by molar-refractivity contribution is 7.80. The van der Waals surface area contributed by atoms with Crippen LogP contribution in [0.4, 0.5) is 32.0 Å². The molecule has 2 N–H and O–H groups in total. The minimum Gasteiger partial charge on any atom is -0.469 e. The molecule has 0 aliphatic carbocycles. The van der Waals surface area contributed by atoms with Gasteiger partial charge in [0.05, 0.1) is 130 Å². The molecule has 0 saturated heterocycles. The summed E-state index contributed by atoms with van der Waals surface area (Å²) in [5.74, 6) is -0.314. The van der Waals surface area contributed by atoms with Crippen molar-refractivity contribution in [3.63, 3.8) is 0 Å². The Kier molecular flexibility index (Phi) is 24.1. The number of carbonyl (C=O) groups is 1. The van der Waals surface area contributed by atoms with Gasteiger partial charge >= 0.3 is 18.3 Å². The van der Waals surface area contributed by atoms with Gasteiger partial charge in [-0.15, -0.1) is 0 Å². The van der Waals surface area contributed by atoms with Crippen LogP contribution in [0.15, 0.2) is 18.2 Å². The summed E-state index contributed by atoms with van der Waals surface area (Å²) in [4.78, 5) is 10.9. The van der Waals surface area contributed by atoms with Crippen molar-refractivity contribution in [3.05, 3.63) is 29.3 Å². The third-order valence-electron chi connectivity index (χ3n) is 5.66. The molecule has 1 rings (SSSR count). The Morgan fingerprint density at radius 3 is 1.25 bits per heavy atom. The second kappa shape index (κ2) is 26.5. The first-order valence-electron chi connectivity index (χ1n) is 15.0. The van der Waals surface area contributed by atoms with Gasteiger partial charge in [0.25, 0.3) is 0 Å². The van der Waals surface area contributed by atoms with E-state index in [1.165, 1.54) is 7.11 Å². The van der Waals surface area contributed by atoms with Gasteiger partial charge in [-0.2, -0.15) is 26.3 Å². The van der Waals surface area contributed by atoms with Crippen LogP contribution in [0.25, 0.3) is 0 Å². The average molecular weight is 727 g/mol. The summed E-state index contributed by atoms with van der Waals surface area (Å²) in [6.07, 6.45) is -9.70. The Hall–Kier alpha value is -2.36. The van der Waals surface area contributed by atoms with E-state index in [0.29, 0.717) is 98.0 Å². The Bertz CT molecular complexity index is 976. The van der Waals surface area contributed by atoms with Crippen LogP contribution in [-0.2, 0) is 59.8 Å². The summed E-state index contributed by atoms with van der Waals surface area (Å²) in [6, 6.07) is 1.13. The molecular formula is C29H44F6N2O10S. The predicted molar refractivity (Wildman–Crippen MR) is 164 cm³/mol. The number of carbonyl (C=O) groups excluding carboxylic acids is 1. The van der Waals surface area contributed by atoms with Crippen LogP contribution in [0.5, 0.6) is 0 Å². The van der Waals surface area contributed by atoms with E-state index < -0.39 is 29.2 Å². The predicted octanol–water partition coefficient (Wildman–Crippen LogP) is 3.71. The molecule has 0 amide bonds. The van der Waals surface area contributed by atoms with Crippen molar-refractivity contribution in [2.45, 2.75) is 18.8 Å². The standard InChI is InChI=1S/C29H44F6N2O10S/c1-39-26(38)2-4-40-6-8-42-10-12-44-14-16-46-18-19-47-17-15-45-13-11-43-9-7-41-5-3-36-27(48)37-25-21-23(28(30,31)32)20-24(22-25)29(33,34)35/h20-22H,2-19H2,1H3,(H2,36,37,48). The number of nitrogens with one attached hydrogen (secondary N) is 2. The fraction of sp³-hybridized carbons (Fsp3) is 0.724. The van der Waals surface area contributed by atoms with Crippen molar-refractivity contribution >= 4 is 29.0 Å². The fourth-order valence-corrected chi connectivity index (χ4v) is 3.56. The first-order chi connectivity index (χ1) is 22.9. The summed E-state index contributed by atoms with van der Waals surface area (Å²) >= 11 is 4.94. The van der Waals surface area contributed by atoms with Crippen LogP contribution >= 0.6 is 12.2 Å². The molecule has 0 spiro atoms. The molecule has 0 aliphatic heterocycles. The molecule has 1 aromatic rings. The number of ether oxygens (including phenoxy) is 9. The van der Waals surface area contributed by atoms with Crippen molar-refractivity contribution in [2.24, 2.45) is 0 Å². The molecule has 19 heteroatoms. The molecule has 0 fully saturated rings. The number of thiocarbonyl (C=S) groups is 1.